The number of hydrogen-bond donors (Lipinski definition) is 1. The second-order valence-electron chi connectivity index (χ2n) is 1.86. The molecule has 0 bridgehead atoms. The monoisotopic (exact) mass is 141 g/mol. The Kier molecular flexibility index (Phi) is 4.20. The summed E-state index contributed by atoms with van der Waals surface area (Å²) >= 11 is 0. The van der Waals surface area contributed by atoms with Gasteiger partial charge in [0.2, 0.25) is 11.8 Å². The Morgan fingerprint density at radius 2 is 2.10 bits per heavy atom. The molecule has 0 fully saturated rings. The van der Waals surface area contributed by atoms with Gasteiger partial charge in [0.25, 0.3) is 0 Å². The Morgan fingerprint density at radius 3 is 2.50 bits per heavy atom. The molecule has 0 saturated carbocycles. The Morgan fingerprint density at radius 1 is 1.50 bits per heavy atom. The van der Waals surface area contributed by atoms with Crippen LogP contribution in [0.5, 0.6) is 0 Å². The number of carbonyl (C=O) groups excluding carboxylic acids is 2. The molecule has 3 heteroatoms. The second kappa shape index (κ2) is 4.73. The van der Waals surface area contributed by atoms with Gasteiger partial charge in [-0.1, -0.05) is 13.0 Å². The average Bonchev–Trinajstić information content (AvgIpc) is 1.82. The highest BCUT2D eigenvalue weighted by Crippen LogP contribution is 1.78. The molecule has 0 aliphatic carbocycles. The molecule has 1 N–H and O–H groups in total. The lowest BCUT2D eigenvalue weighted by molar-refractivity contribution is -0.126. The largest absolute Gasteiger partial charge is 0.293 e. The fourth-order valence-electron chi connectivity index (χ4n) is 0.440. The highest BCUT2D eigenvalue weighted by atomic mass is 16.2. The van der Waals surface area contributed by atoms with E-state index in [-0.39, 0.29) is 11.8 Å². The maximum Gasteiger partial charge on any atom is 0.250 e. The van der Waals surface area contributed by atoms with Crippen LogP contribution in [-0.4, -0.2) is 11.8 Å². The first-order valence-corrected chi connectivity index (χ1v) is 3.15. The molecule has 2 amide bonds. The van der Waals surface area contributed by atoms with Gasteiger partial charge in [0, 0.05) is 6.92 Å². The minimum atomic E-state index is -0.352. The summed E-state index contributed by atoms with van der Waals surface area (Å²) in [5.74, 6) is -0.680. The minimum Gasteiger partial charge on any atom is -0.293 e. The van der Waals surface area contributed by atoms with Crippen molar-refractivity contribution in [2.45, 2.75) is 20.3 Å². The summed E-state index contributed by atoms with van der Waals surface area (Å²) in [6.07, 6.45) is 3.84. The lowest BCUT2D eigenvalue weighted by atomic mass is 10.4. The van der Waals surface area contributed by atoms with Crippen molar-refractivity contribution in [2.24, 2.45) is 0 Å². The van der Waals surface area contributed by atoms with Crippen molar-refractivity contribution in [1.82, 2.24) is 5.32 Å². The number of hydrogen-bond acceptors (Lipinski definition) is 2. The van der Waals surface area contributed by atoms with Gasteiger partial charge in [0.15, 0.2) is 0 Å². The zero-order chi connectivity index (χ0) is 7.98. The molecule has 0 heterocycles. The molecule has 10 heavy (non-hydrogen) atoms. The van der Waals surface area contributed by atoms with Crippen LogP contribution in [0.3, 0.4) is 0 Å². The molecule has 0 unspecified atom stereocenters. The standard InChI is InChI=1S/C7H11NO2/c1-3-4-5-7(10)8-6(2)9/h4-5H,3H2,1-2H3,(H,8,9,10)/b5-4+. The molecule has 0 saturated heterocycles. The quantitative estimate of drug-likeness (QED) is 0.573. The zero-order valence-corrected chi connectivity index (χ0v) is 6.18. The smallest absolute Gasteiger partial charge is 0.250 e. The van der Waals surface area contributed by atoms with Crippen molar-refractivity contribution >= 4 is 11.8 Å². The molecule has 0 rings (SSSR count). The van der Waals surface area contributed by atoms with Crippen LogP contribution in [0.15, 0.2) is 12.2 Å². The van der Waals surface area contributed by atoms with Crippen LogP contribution in [-0.2, 0) is 9.59 Å². The van der Waals surface area contributed by atoms with E-state index in [4.69, 9.17) is 0 Å². The van der Waals surface area contributed by atoms with E-state index in [0.717, 1.165) is 6.42 Å². The van der Waals surface area contributed by atoms with E-state index in [1.165, 1.54) is 13.0 Å². The number of rotatable bonds is 2. The van der Waals surface area contributed by atoms with Crippen molar-refractivity contribution in [3.05, 3.63) is 12.2 Å². The maximum absolute atomic E-state index is 10.6. The van der Waals surface area contributed by atoms with Gasteiger partial charge >= 0.3 is 0 Å². The minimum absolute atomic E-state index is 0.328. The Bertz CT molecular complexity index is 161. The van der Waals surface area contributed by atoms with Crippen molar-refractivity contribution in [2.75, 3.05) is 0 Å². The molecule has 0 aliphatic rings. The molecule has 56 valence electrons. The van der Waals surface area contributed by atoms with Gasteiger partial charge in [0.05, 0.1) is 0 Å². The van der Waals surface area contributed by atoms with Crippen molar-refractivity contribution in [3.63, 3.8) is 0 Å². The van der Waals surface area contributed by atoms with Gasteiger partial charge in [0.1, 0.15) is 0 Å². The summed E-state index contributed by atoms with van der Waals surface area (Å²) < 4.78 is 0. The van der Waals surface area contributed by atoms with Crippen LogP contribution >= 0.6 is 0 Å². The fourth-order valence-corrected chi connectivity index (χ4v) is 0.440. The molecular formula is C7H11NO2. The van der Waals surface area contributed by atoms with Gasteiger partial charge < -0.3 is 0 Å². The van der Waals surface area contributed by atoms with Crippen LogP contribution in [0.1, 0.15) is 20.3 Å². The Hall–Kier alpha value is -1.12. The van der Waals surface area contributed by atoms with Gasteiger partial charge in [-0.3, -0.25) is 14.9 Å². The summed E-state index contributed by atoms with van der Waals surface area (Å²) in [5, 5.41) is 2.11. The third-order valence-electron chi connectivity index (χ3n) is 0.804. The summed E-state index contributed by atoms with van der Waals surface area (Å²) in [5.41, 5.74) is 0. The average molecular weight is 141 g/mol. The molecule has 0 aromatic carbocycles. The second-order valence-corrected chi connectivity index (χ2v) is 1.86. The highest BCUT2D eigenvalue weighted by molar-refractivity contribution is 5.99. The molecule has 3 nitrogen and oxygen atoms in total. The number of nitrogens with one attached hydrogen (secondary N) is 1. The maximum atomic E-state index is 10.6. The Balaban J connectivity index is 3.64. The van der Waals surface area contributed by atoms with Crippen LogP contribution < -0.4 is 5.32 Å². The van der Waals surface area contributed by atoms with Crippen molar-refractivity contribution in [3.8, 4) is 0 Å². The van der Waals surface area contributed by atoms with Crippen molar-refractivity contribution in [1.29, 1.82) is 0 Å². The first-order chi connectivity index (χ1) is 4.66. The number of carbonyl (C=O) groups is 2. The first kappa shape index (κ1) is 8.88. The lowest BCUT2D eigenvalue weighted by Crippen LogP contribution is -2.25. The van der Waals surface area contributed by atoms with Crippen LogP contribution in [0, 0.1) is 0 Å². The van der Waals surface area contributed by atoms with Crippen LogP contribution in [0.25, 0.3) is 0 Å². The number of allylic oxidation sites excluding steroid dienone is 1. The Labute approximate surface area is 60.1 Å². The third-order valence-corrected chi connectivity index (χ3v) is 0.804. The molecule has 0 radical (unpaired) electrons. The topological polar surface area (TPSA) is 46.2 Å². The van der Waals surface area contributed by atoms with Gasteiger partial charge in [-0.2, -0.15) is 0 Å². The van der Waals surface area contributed by atoms with E-state index in [2.05, 4.69) is 5.32 Å². The fraction of sp³-hybridized carbons (Fsp3) is 0.429. The third kappa shape index (κ3) is 5.03. The van der Waals surface area contributed by atoms with Crippen LogP contribution in [0.2, 0.25) is 0 Å². The molecule has 0 spiro atoms. The SMILES string of the molecule is CC/C=C/C(=O)NC(C)=O. The predicted molar refractivity (Wildman–Crippen MR) is 38.3 cm³/mol. The normalized spacial score (nSPS) is 9.80. The van der Waals surface area contributed by atoms with Gasteiger partial charge in [-0.05, 0) is 12.5 Å². The zero-order valence-electron chi connectivity index (χ0n) is 6.18. The first-order valence-electron chi connectivity index (χ1n) is 3.15. The van der Waals surface area contributed by atoms with E-state index in [1.54, 1.807) is 6.08 Å². The van der Waals surface area contributed by atoms with E-state index < -0.39 is 0 Å². The van der Waals surface area contributed by atoms with E-state index >= 15 is 0 Å². The molecule has 0 atom stereocenters. The number of imide groups is 1. The van der Waals surface area contributed by atoms with Crippen molar-refractivity contribution < 1.29 is 9.59 Å². The molecule has 0 aromatic heterocycles. The predicted octanol–water partition coefficient (Wildman–Crippen LogP) is 0.615. The van der Waals surface area contributed by atoms with E-state index in [0.29, 0.717) is 0 Å². The van der Waals surface area contributed by atoms with Gasteiger partial charge in [-0.25, -0.2) is 0 Å². The highest BCUT2D eigenvalue weighted by Gasteiger charge is 1.95. The summed E-state index contributed by atoms with van der Waals surface area (Å²) in [7, 11) is 0. The molecular weight excluding hydrogens is 130 g/mol. The lowest BCUT2D eigenvalue weighted by Gasteiger charge is -1.91. The summed E-state index contributed by atoms with van der Waals surface area (Å²) in [4.78, 5) is 20.8. The van der Waals surface area contributed by atoms with Crippen LogP contribution in [0.4, 0.5) is 0 Å². The van der Waals surface area contributed by atoms with E-state index in [1.807, 2.05) is 6.92 Å². The van der Waals surface area contributed by atoms with E-state index in [9.17, 15) is 9.59 Å². The number of amides is 2. The molecule has 0 aliphatic heterocycles. The summed E-state index contributed by atoms with van der Waals surface area (Å²) in [6, 6.07) is 0. The van der Waals surface area contributed by atoms with Gasteiger partial charge in [-0.15, -0.1) is 0 Å². The summed E-state index contributed by atoms with van der Waals surface area (Å²) in [6.45, 7) is 3.22. The molecule has 0 aromatic rings.